The van der Waals surface area contributed by atoms with Crippen LogP contribution in [0.5, 0.6) is 0 Å². The van der Waals surface area contributed by atoms with Gasteiger partial charge in [-0.1, -0.05) is 0 Å². The monoisotopic (exact) mass is 330 g/mol. The van der Waals surface area contributed by atoms with E-state index in [1.54, 1.807) is 0 Å². The number of esters is 1. The molecular formula is C13H18N2O6S. The second-order valence-electron chi connectivity index (χ2n) is 5.98. The Hall–Kier alpha value is -1.45. The Morgan fingerprint density at radius 3 is 2.91 bits per heavy atom. The maximum atomic E-state index is 12.2. The zero-order valence-corrected chi connectivity index (χ0v) is 13.0. The number of nitrogens with zero attached hydrogens (tertiary/aromatic N) is 1. The molecule has 0 aromatic carbocycles. The van der Waals surface area contributed by atoms with Crippen molar-refractivity contribution >= 4 is 16.0 Å². The summed E-state index contributed by atoms with van der Waals surface area (Å²) in [5.41, 5.74) is -0.982. The number of hydrogen-bond donors (Lipinski definition) is 1. The van der Waals surface area contributed by atoms with Crippen molar-refractivity contribution in [1.82, 2.24) is 9.71 Å². The van der Waals surface area contributed by atoms with Crippen LogP contribution in [0.2, 0.25) is 0 Å². The molecule has 2 heterocycles. The third-order valence-electron chi connectivity index (χ3n) is 4.40. The second kappa shape index (κ2) is 5.32. The van der Waals surface area contributed by atoms with Crippen LogP contribution in [0.15, 0.2) is 17.1 Å². The predicted octanol–water partition coefficient (Wildman–Crippen LogP) is 0.206. The maximum Gasteiger partial charge on any atom is 0.314 e. The van der Waals surface area contributed by atoms with Crippen molar-refractivity contribution in [2.24, 2.45) is 5.41 Å². The van der Waals surface area contributed by atoms with Gasteiger partial charge in [0.1, 0.15) is 6.26 Å². The van der Waals surface area contributed by atoms with Crippen LogP contribution >= 0.6 is 0 Å². The molecule has 1 aromatic rings. The van der Waals surface area contributed by atoms with E-state index in [1.807, 2.05) is 0 Å². The van der Waals surface area contributed by atoms with E-state index >= 15 is 0 Å². The van der Waals surface area contributed by atoms with Crippen molar-refractivity contribution in [2.75, 3.05) is 19.5 Å². The molecular weight excluding hydrogens is 312 g/mol. The third-order valence-corrected chi connectivity index (χ3v) is 5.89. The fraction of sp³-hybridized carbons (Fsp3) is 0.692. The highest BCUT2D eigenvalue weighted by Gasteiger charge is 2.61. The van der Waals surface area contributed by atoms with Gasteiger partial charge in [0.2, 0.25) is 10.0 Å². The Balaban J connectivity index is 1.65. The summed E-state index contributed by atoms with van der Waals surface area (Å²) in [5, 5.41) is 0. The molecule has 22 heavy (non-hydrogen) atoms. The van der Waals surface area contributed by atoms with Crippen LogP contribution in [0.25, 0.3) is 0 Å². The van der Waals surface area contributed by atoms with Gasteiger partial charge in [0, 0.05) is 0 Å². The topological polar surface area (TPSA) is 108 Å². The van der Waals surface area contributed by atoms with Gasteiger partial charge in [-0.05, 0) is 19.3 Å². The molecule has 1 saturated heterocycles. The Bertz CT molecular complexity index is 646. The quantitative estimate of drug-likeness (QED) is 0.743. The van der Waals surface area contributed by atoms with Crippen molar-refractivity contribution in [3.8, 4) is 0 Å². The maximum absolute atomic E-state index is 12.2. The van der Waals surface area contributed by atoms with Crippen LogP contribution in [-0.2, 0) is 30.8 Å². The lowest BCUT2D eigenvalue weighted by Gasteiger charge is -2.27. The van der Waals surface area contributed by atoms with E-state index in [4.69, 9.17) is 13.9 Å². The SMILES string of the molecule is COC(=O)C12CCC(CS(=O)(=O)NCc3cocn3)(C1)OC2. The van der Waals surface area contributed by atoms with E-state index < -0.39 is 21.0 Å². The van der Waals surface area contributed by atoms with Gasteiger partial charge >= 0.3 is 5.97 Å². The van der Waals surface area contributed by atoms with Gasteiger partial charge in [-0.15, -0.1) is 0 Å². The van der Waals surface area contributed by atoms with E-state index in [-0.39, 0.29) is 24.9 Å². The summed E-state index contributed by atoms with van der Waals surface area (Å²) >= 11 is 0. The zero-order chi connectivity index (χ0) is 15.8. The van der Waals surface area contributed by atoms with Gasteiger partial charge in [-0.2, -0.15) is 0 Å². The summed E-state index contributed by atoms with van der Waals surface area (Å²) in [6, 6.07) is 0. The molecule has 0 radical (unpaired) electrons. The van der Waals surface area contributed by atoms with Crippen LogP contribution in [0.1, 0.15) is 25.0 Å². The lowest BCUT2D eigenvalue weighted by atomic mass is 9.88. The number of carbonyl (C=O) groups excluding carboxylic acids is 1. The van der Waals surface area contributed by atoms with Crippen molar-refractivity contribution in [3.63, 3.8) is 0 Å². The predicted molar refractivity (Wildman–Crippen MR) is 74.1 cm³/mol. The van der Waals surface area contributed by atoms with Crippen molar-refractivity contribution < 1.29 is 27.1 Å². The molecule has 2 aliphatic rings. The summed E-state index contributed by atoms with van der Waals surface area (Å²) in [5.74, 6) is -0.490. The summed E-state index contributed by atoms with van der Waals surface area (Å²) in [7, 11) is -2.21. The number of hydrogen-bond acceptors (Lipinski definition) is 7. The number of rotatable bonds is 6. The molecule has 2 fully saturated rings. The van der Waals surface area contributed by atoms with E-state index in [1.165, 1.54) is 19.8 Å². The first-order valence-corrected chi connectivity index (χ1v) is 8.61. The van der Waals surface area contributed by atoms with Crippen molar-refractivity contribution in [2.45, 2.75) is 31.4 Å². The van der Waals surface area contributed by atoms with Crippen LogP contribution < -0.4 is 4.72 Å². The average molecular weight is 330 g/mol. The van der Waals surface area contributed by atoms with E-state index in [0.29, 0.717) is 25.0 Å². The normalized spacial score (nSPS) is 30.6. The number of methoxy groups -OCH3 is 1. The van der Waals surface area contributed by atoms with E-state index in [2.05, 4.69) is 9.71 Å². The van der Waals surface area contributed by atoms with Crippen LogP contribution in [0.4, 0.5) is 0 Å². The minimum absolute atomic E-state index is 0.0665. The molecule has 1 saturated carbocycles. The molecule has 0 spiro atoms. The number of aromatic nitrogens is 1. The van der Waals surface area contributed by atoms with Gasteiger partial charge in [-0.25, -0.2) is 18.1 Å². The van der Waals surface area contributed by atoms with Crippen LogP contribution in [0.3, 0.4) is 0 Å². The minimum atomic E-state index is -3.55. The fourth-order valence-corrected chi connectivity index (χ4v) is 4.81. The van der Waals surface area contributed by atoms with Crippen LogP contribution in [-0.4, -0.2) is 44.4 Å². The van der Waals surface area contributed by atoms with Crippen molar-refractivity contribution in [1.29, 1.82) is 0 Å². The van der Waals surface area contributed by atoms with E-state index in [0.717, 1.165) is 0 Å². The lowest BCUT2D eigenvalue weighted by Crippen LogP contribution is -2.40. The van der Waals surface area contributed by atoms with Crippen molar-refractivity contribution in [3.05, 3.63) is 18.4 Å². The summed E-state index contributed by atoms with van der Waals surface area (Å²) in [6.45, 7) is 0.287. The Morgan fingerprint density at radius 1 is 1.50 bits per heavy atom. The number of carbonyl (C=O) groups is 1. The summed E-state index contributed by atoms with van der Waals surface area (Å²) in [6.07, 6.45) is 4.14. The molecule has 1 aliphatic heterocycles. The average Bonchev–Trinajstić information content (AvgIpc) is 3.19. The van der Waals surface area contributed by atoms with Crippen LogP contribution in [0, 0.1) is 5.41 Å². The Morgan fingerprint density at radius 2 is 2.32 bits per heavy atom. The first-order chi connectivity index (χ1) is 10.4. The number of nitrogens with one attached hydrogen (secondary N) is 1. The van der Waals surface area contributed by atoms with Gasteiger partial charge in [0.25, 0.3) is 0 Å². The highest BCUT2D eigenvalue weighted by Crippen LogP contribution is 2.53. The molecule has 122 valence electrons. The second-order valence-corrected chi connectivity index (χ2v) is 7.79. The minimum Gasteiger partial charge on any atom is -0.469 e. The Kier molecular flexibility index (Phi) is 3.74. The number of oxazole rings is 1. The highest BCUT2D eigenvalue weighted by atomic mass is 32.2. The zero-order valence-electron chi connectivity index (χ0n) is 12.2. The lowest BCUT2D eigenvalue weighted by molar-refractivity contribution is -0.154. The first-order valence-electron chi connectivity index (χ1n) is 6.96. The molecule has 0 amide bonds. The van der Waals surface area contributed by atoms with Gasteiger partial charge in [0.15, 0.2) is 6.39 Å². The molecule has 8 nitrogen and oxygen atoms in total. The summed E-state index contributed by atoms with van der Waals surface area (Å²) < 4.78 is 42.3. The largest absolute Gasteiger partial charge is 0.469 e. The first kappa shape index (κ1) is 15.4. The van der Waals surface area contributed by atoms with Gasteiger partial charge in [-0.3, -0.25) is 4.79 Å². The molecule has 1 aromatic heterocycles. The standard InChI is InChI=1S/C13H18N2O6S/c1-19-11(16)12-2-3-13(6-12,21-7-12)8-22(17,18)15-4-10-5-20-9-14-10/h5,9,15H,2-4,6-8H2,1H3. The highest BCUT2D eigenvalue weighted by molar-refractivity contribution is 7.89. The third kappa shape index (κ3) is 2.75. The van der Waals surface area contributed by atoms with E-state index in [9.17, 15) is 13.2 Å². The summed E-state index contributed by atoms with van der Waals surface area (Å²) in [4.78, 5) is 15.8. The number of ether oxygens (including phenoxy) is 2. The van der Waals surface area contributed by atoms with Gasteiger partial charge < -0.3 is 13.9 Å². The smallest absolute Gasteiger partial charge is 0.314 e. The number of fused-ring (bicyclic) bond motifs is 2. The molecule has 3 rings (SSSR count). The molecule has 2 unspecified atom stereocenters. The molecule has 9 heteroatoms. The molecule has 2 atom stereocenters. The fourth-order valence-electron chi connectivity index (χ4n) is 3.32. The Labute approximate surface area is 128 Å². The van der Waals surface area contributed by atoms with Gasteiger partial charge in [0.05, 0.1) is 42.7 Å². The molecule has 1 aliphatic carbocycles. The molecule has 2 bridgehead atoms. The number of sulfonamides is 1. The molecule has 1 N–H and O–H groups in total.